The first-order valence-corrected chi connectivity index (χ1v) is 7.66. The predicted molar refractivity (Wildman–Crippen MR) is 83.3 cm³/mol. The van der Waals surface area contributed by atoms with Crippen LogP contribution in [0.4, 0.5) is 0 Å². The van der Waals surface area contributed by atoms with Gasteiger partial charge in [-0.2, -0.15) is 0 Å². The van der Waals surface area contributed by atoms with Crippen LogP contribution in [-0.2, 0) is 6.42 Å². The van der Waals surface area contributed by atoms with Gasteiger partial charge in [-0.25, -0.2) is 0 Å². The van der Waals surface area contributed by atoms with Crippen LogP contribution in [0.15, 0.2) is 35.7 Å². The maximum Gasteiger partial charge on any atom is 0.148 e. The lowest BCUT2D eigenvalue weighted by Crippen LogP contribution is -2.28. The molecule has 4 heteroatoms. The van der Waals surface area contributed by atoms with Crippen molar-refractivity contribution in [1.82, 2.24) is 0 Å². The minimum atomic E-state index is -0.126. The number of aliphatic hydroxyl groups is 1. The monoisotopic (exact) mass is 291 g/mol. The van der Waals surface area contributed by atoms with Crippen LogP contribution in [0.5, 0.6) is 5.75 Å². The molecule has 1 aromatic heterocycles. The normalized spacial score (nSPS) is 14.0. The smallest absolute Gasteiger partial charge is 0.148 e. The van der Waals surface area contributed by atoms with E-state index in [2.05, 4.69) is 18.4 Å². The average molecular weight is 291 g/mol. The molecule has 0 bridgehead atoms. The zero-order valence-electron chi connectivity index (χ0n) is 11.9. The van der Waals surface area contributed by atoms with Crippen molar-refractivity contribution < 1.29 is 9.84 Å². The summed E-state index contributed by atoms with van der Waals surface area (Å²) in [7, 11) is 0. The largest absolute Gasteiger partial charge is 0.483 e. The molecule has 0 saturated heterocycles. The predicted octanol–water partition coefficient (Wildman–Crippen LogP) is 3.06. The summed E-state index contributed by atoms with van der Waals surface area (Å²) in [4.78, 5) is 1.18. The molecule has 20 heavy (non-hydrogen) atoms. The molecular weight excluding hydrogens is 270 g/mol. The molecule has 2 rings (SSSR count). The number of hydrogen-bond donors (Lipinski definition) is 2. The summed E-state index contributed by atoms with van der Waals surface area (Å²) in [6, 6.07) is 9.83. The van der Waals surface area contributed by atoms with Crippen LogP contribution in [0.25, 0.3) is 0 Å². The molecule has 3 N–H and O–H groups in total. The van der Waals surface area contributed by atoms with E-state index in [-0.39, 0.29) is 18.8 Å². The Hall–Kier alpha value is -1.36. The minimum Gasteiger partial charge on any atom is -0.483 e. The van der Waals surface area contributed by atoms with Gasteiger partial charge < -0.3 is 15.6 Å². The Bertz CT molecular complexity index is 534. The van der Waals surface area contributed by atoms with Gasteiger partial charge in [0, 0.05) is 17.5 Å². The quantitative estimate of drug-likeness (QED) is 0.860. The second-order valence-corrected chi connectivity index (χ2v) is 5.93. The fourth-order valence-electron chi connectivity index (χ4n) is 2.09. The number of aliphatic hydroxyl groups excluding tert-OH is 1. The summed E-state index contributed by atoms with van der Waals surface area (Å²) in [6.45, 7) is 4.20. The van der Waals surface area contributed by atoms with E-state index in [4.69, 9.17) is 15.6 Å². The number of rotatable bonds is 6. The molecule has 2 atom stereocenters. The van der Waals surface area contributed by atoms with Crippen LogP contribution < -0.4 is 10.5 Å². The highest BCUT2D eigenvalue weighted by atomic mass is 32.1. The van der Waals surface area contributed by atoms with Gasteiger partial charge in [0.2, 0.25) is 0 Å². The Morgan fingerprint density at radius 2 is 1.95 bits per heavy atom. The molecule has 1 aromatic carbocycles. The van der Waals surface area contributed by atoms with Crippen LogP contribution in [0.3, 0.4) is 0 Å². The van der Waals surface area contributed by atoms with Crippen molar-refractivity contribution in [3.63, 3.8) is 0 Å². The summed E-state index contributed by atoms with van der Waals surface area (Å²) < 4.78 is 6.06. The molecule has 2 aromatic rings. The van der Waals surface area contributed by atoms with Crippen molar-refractivity contribution in [1.29, 1.82) is 0 Å². The molecule has 108 valence electrons. The van der Waals surface area contributed by atoms with Gasteiger partial charge in [-0.3, -0.25) is 0 Å². The maximum atomic E-state index is 8.92. The second kappa shape index (κ2) is 6.88. The van der Waals surface area contributed by atoms with E-state index in [1.165, 1.54) is 10.4 Å². The van der Waals surface area contributed by atoms with Gasteiger partial charge in [-0.05, 0) is 55.0 Å². The molecule has 1 heterocycles. The molecule has 0 amide bonds. The lowest BCUT2D eigenvalue weighted by Gasteiger charge is -2.22. The van der Waals surface area contributed by atoms with E-state index >= 15 is 0 Å². The third kappa shape index (κ3) is 3.60. The molecule has 0 radical (unpaired) electrons. The molecule has 0 spiro atoms. The van der Waals surface area contributed by atoms with E-state index in [1.807, 2.05) is 31.2 Å². The van der Waals surface area contributed by atoms with Gasteiger partial charge in [-0.15, -0.1) is 11.3 Å². The maximum absolute atomic E-state index is 8.92. The Morgan fingerprint density at radius 3 is 2.45 bits per heavy atom. The molecule has 0 fully saturated rings. The van der Waals surface area contributed by atoms with Crippen LogP contribution in [0, 0.1) is 6.92 Å². The SMILES string of the molecule is Cc1ccsc1C(Oc1ccc(CCO)cc1)C(C)N. The number of ether oxygens (including phenoxy) is 1. The van der Waals surface area contributed by atoms with Crippen molar-refractivity contribution >= 4 is 11.3 Å². The number of hydrogen-bond acceptors (Lipinski definition) is 4. The molecule has 0 saturated carbocycles. The zero-order chi connectivity index (χ0) is 14.5. The van der Waals surface area contributed by atoms with E-state index in [0.717, 1.165) is 11.3 Å². The standard InChI is InChI=1S/C16H21NO2S/c1-11-8-10-20-16(11)15(12(2)17)19-14-5-3-13(4-6-14)7-9-18/h3-6,8,10,12,15,18H,7,9,17H2,1-2H3. The third-order valence-corrected chi connectivity index (χ3v) is 4.30. The van der Waals surface area contributed by atoms with Crippen LogP contribution in [0.1, 0.15) is 29.0 Å². The summed E-state index contributed by atoms with van der Waals surface area (Å²) in [5, 5.41) is 11.0. The second-order valence-electron chi connectivity index (χ2n) is 4.98. The summed E-state index contributed by atoms with van der Waals surface area (Å²) in [6.07, 6.45) is 0.541. The highest BCUT2D eigenvalue weighted by Crippen LogP contribution is 2.30. The van der Waals surface area contributed by atoms with Gasteiger partial charge >= 0.3 is 0 Å². The topological polar surface area (TPSA) is 55.5 Å². The first kappa shape index (κ1) is 15.0. The average Bonchev–Trinajstić information content (AvgIpc) is 2.84. The molecule has 2 unspecified atom stereocenters. The van der Waals surface area contributed by atoms with Gasteiger partial charge in [-0.1, -0.05) is 12.1 Å². The Labute approximate surface area is 124 Å². The molecule has 0 aliphatic heterocycles. The highest BCUT2D eigenvalue weighted by molar-refractivity contribution is 7.10. The van der Waals surface area contributed by atoms with Gasteiger partial charge in [0.05, 0.1) is 0 Å². The molecule has 0 aliphatic carbocycles. The fourth-order valence-corrected chi connectivity index (χ4v) is 3.16. The molecular formula is C16H21NO2S. The molecule has 0 aliphatic rings. The Kier molecular flexibility index (Phi) is 5.17. The highest BCUT2D eigenvalue weighted by Gasteiger charge is 2.21. The number of aryl methyl sites for hydroxylation is 1. The van der Waals surface area contributed by atoms with Crippen molar-refractivity contribution in [2.45, 2.75) is 32.4 Å². The number of benzene rings is 1. The summed E-state index contributed by atoms with van der Waals surface area (Å²) in [5.41, 5.74) is 8.39. The zero-order valence-corrected chi connectivity index (χ0v) is 12.7. The summed E-state index contributed by atoms with van der Waals surface area (Å²) >= 11 is 1.68. The number of thiophene rings is 1. The van der Waals surface area contributed by atoms with Crippen LogP contribution in [-0.4, -0.2) is 17.8 Å². The molecule has 3 nitrogen and oxygen atoms in total. The van der Waals surface area contributed by atoms with Crippen LogP contribution in [0.2, 0.25) is 0 Å². The van der Waals surface area contributed by atoms with Gasteiger partial charge in [0.25, 0.3) is 0 Å². The van der Waals surface area contributed by atoms with Crippen LogP contribution >= 0.6 is 11.3 Å². The lowest BCUT2D eigenvalue weighted by atomic mass is 10.1. The lowest BCUT2D eigenvalue weighted by molar-refractivity contribution is 0.183. The Morgan fingerprint density at radius 1 is 1.25 bits per heavy atom. The van der Waals surface area contributed by atoms with Crippen molar-refractivity contribution in [2.24, 2.45) is 5.73 Å². The van der Waals surface area contributed by atoms with E-state index < -0.39 is 0 Å². The first-order valence-electron chi connectivity index (χ1n) is 6.78. The van der Waals surface area contributed by atoms with Crippen molar-refractivity contribution in [3.05, 3.63) is 51.7 Å². The third-order valence-electron chi connectivity index (χ3n) is 3.22. The summed E-state index contributed by atoms with van der Waals surface area (Å²) in [5.74, 6) is 0.807. The van der Waals surface area contributed by atoms with E-state index in [9.17, 15) is 0 Å². The Balaban J connectivity index is 2.14. The van der Waals surface area contributed by atoms with E-state index in [1.54, 1.807) is 11.3 Å². The van der Waals surface area contributed by atoms with E-state index in [0.29, 0.717) is 6.42 Å². The fraction of sp³-hybridized carbons (Fsp3) is 0.375. The minimum absolute atomic E-state index is 0.0792. The number of nitrogens with two attached hydrogens (primary N) is 1. The van der Waals surface area contributed by atoms with Crippen molar-refractivity contribution in [2.75, 3.05) is 6.61 Å². The van der Waals surface area contributed by atoms with Gasteiger partial charge in [0.1, 0.15) is 11.9 Å². The first-order chi connectivity index (χ1) is 9.61. The van der Waals surface area contributed by atoms with Gasteiger partial charge in [0.15, 0.2) is 0 Å². The van der Waals surface area contributed by atoms with Crippen molar-refractivity contribution in [3.8, 4) is 5.75 Å².